The lowest BCUT2D eigenvalue weighted by Crippen LogP contribution is -2.50. The van der Waals surface area contributed by atoms with Crippen LogP contribution in [0, 0.1) is 40.4 Å². The number of nitrogens with two attached hydrogens (primary N) is 1. The van der Waals surface area contributed by atoms with Crippen LogP contribution >= 0.6 is 0 Å². The van der Waals surface area contributed by atoms with Gasteiger partial charge in [0.25, 0.3) is 5.91 Å². The molecule has 1 saturated carbocycles. The molecule has 0 bridgehead atoms. The first-order valence-electron chi connectivity index (χ1n) is 21.7. The minimum Gasteiger partial charge on any atom is -0.511 e. The van der Waals surface area contributed by atoms with E-state index in [1.54, 1.807) is 36.5 Å². The number of carbonyl (C=O) groups is 2. The van der Waals surface area contributed by atoms with Gasteiger partial charge in [-0.2, -0.15) is 0 Å². The number of nitrogens with one attached hydrogen (secondary N) is 2. The molecule has 2 saturated heterocycles. The van der Waals surface area contributed by atoms with Crippen LogP contribution in [0.1, 0.15) is 105 Å². The molecule has 11 N–H and O–H groups in total. The largest absolute Gasteiger partial charge is 0.511 e. The topological polar surface area (TPSA) is 241 Å². The molecular formula is C46H72N4O9. The number of ketones is 1. The van der Waals surface area contributed by atoms with E-state index in [0.29, 0.717) is 37.7 Å². The molecule has 4 aliphatic rings. The first-order valence-corrected chi connectivity index (χ1v) is 21.7. The number of fused-ring (bicyclic) bond motifs is 1. The average molecular weight is 825 g/mol. The Morgan fingerprint density at radius 2 is 1.69 bits per heavy atom. The molecular weight excluding hydrogens is 753 g/mol. The van der Waals surface area contributed by atoms with Gasteiger partial charge in [-0.3, -0.25) is 15.0 Å². The Hall–Kier alpha value is -3.59. The number of rotatable bonds is 19. The summed E-state index contributed by atoms with van der Waals surface area (Å²) in [6.45, 7) is 10.1. The van der Waals surface area contributed by atoms with Gasteiger partial charge in [-0.1, -0.05) is 81.4 Å². The van der Waals surface area contributed by atoms with Gasteiger partial charge < -0.3 is 51.7 Å². The fourth-order valence-corrected chi connectivity index (χ4v) is 9.89. The molecule has 0 aromatic rings. The zero-order valence-electron chi connectivity index (χ0n) is 35.7. The van der Waals surface area contributed by atoms with E-state index >= 15 is 0 Å². The molecule has 0 aromatic carbocycles. The van der Waals surface area contributed by atoms with Gasteiger partial charge >= 0.3 is 0 Å². The molecule has 0 radical (unpaired) electrons. The molecule has 1 amide bonds. The molecule has 330 valence electrons. The summed E-state index contributed by atoms with van der Waals surface area (Å²) in [5.41, 5.74) is 6.20. The highest BCUT2D eigenvalue weighted by Gasteiger charge is 2.55. The highest BCUT2D eigenvalue weighted by atomic mass is 16.3. The predicted octanol–water partition coefficient (Wildman–Crippen LogP) is 4.25. The van der Waals surface area contributed by atoms with Crippen molar-refractivity contribution in [3.05, 3.63) is 71.1 Å². The third kappa shape index (κ3) is 12.3. The highest BCUT2D eigenvalue weighted by Crippen LogP contribution is 2.58. The number of carbonyl (C=O) groups excluding carboxylic acids is 2. The number of likely N-dealkylation sites (tertiary alicyclic amines) is 1. The fourth-order valence-electron chi connectivity index (χ4n) is 9.89. The van der Waals surface area contributed by atoms with Crippen LogP contribution in [-0.4, -0.2) is 114 Å². The van der Waals surface area contributed by atoms with Crippen molar-refractivity contribution in [2.24, 2.45) is 40.7 Å². The van der Waals surface area contributed by atoms with Gasteiger partial charge in [-0.15, -0.1) is 0 Å². The molecule has 13 heteroatoms. The second-order valence-corrected chi connectivity index (χ2v) is 17.9. The van der Waals surface area contributed by atoms with Gasteiger partial charge in [0.05, 0.1) is 43.2 Å². The minimum absolute atomic E-state index is 0.0315. The smallest absolute Gasteiger partial charge is 0.258 e. The molecule has 3 fully saturated rings. The van der Waals surface area contributed by atoms with Crippen LogP contribution in [0.15, 0.2) is 71.1 Å². The van der Waals surface area contributed by atoms with Gasteiger partial charge in [0.1, 0.15) is 11.3 Å². The van der Waals surface area contributed by atoms with Crippen molar-refractivity contribution in [1.29, 1.82) is 5.41 Å². The summed E-state index contributed by atoms with van der Waals surface area (Å²) >= 11 is 0. The number of nitrogens with zero attached hydrogens (tertiary/aromatic N) is 1. The molecule has 2 aliphatic heterocycles. The number of Topliss-reactive ketones (excluding diaryl/α,β-unsaturated/α-hetero) is 1. The van der Waals surface area contributed by atoms with Crippen molar-refractivity contribution in [3.8, 4) is 0 Å². The van der Waals surface area contributed by atoms with E-state index in [9.17, 15) is 45.3 Å². The Morgan fingerprint density at radius 3 is 2.37 bits per heavy atom. The second kappa shape index (κ2) is 21.8. The Kier molecular flexibility index (Phi) is 17.8. The van der Waals surface area contributed by atoms with Crippen molar-refractivity contribution in [2.45, 2.75) is 148 Å². The number of amides is 1. The molecule has 2 heterocycles. The normalized spacial score (nSPS) is 31.2. The van der Waals surface area contributed by atoms with Gasteiger partial charge in [0, 0.05) is 29.8 Å². The maximum absolute atomic E-state index is 12.8. The van der Waals surface area contributed by atoms with E-state index < -0.39 is 53.7 Å². The van der Waals surface area contributed by atoms with Gasteiger partial charge in [-0.25, -0.2) is 0 Å². The van der Waals surface area contributed by atoms with Crippen LogP contribution in [0.3, 0.4) is 0 Å². The molecule has 59 heavy (non-hydrogen) atoms. The van der Waals surface area contributed by atoms with Crippen LogP contribution in [0.5, 0.6) is 0 Å². The Morgan fingerprint density at radius 1 is 1.00 bits per heavy atom. The minimum atomic E-state index is -0.953. The van der Waals surface area contributed by atoms with Crippen LogP contribution in [0.25, 0.3) is 0 Å². The molecule has 2 aliphatic carbocycles. The number of allylic oxidation sites excluding steroid dienone is 2. The molecule has 13 nitrogen and oxygen atoms in total. The Labute approximate surface area is 350 Å². The van der Waals surface area contributed by atoms with E-state index in [4.69, 9.17) is 11.1 Å². The van der Waals surface area contributed by atoms with E-state index in [1.165, 1.54) is 0 Å². The number of hydrogen-bond donors (Lipinski definition) is 10. The quantitative estimate of drug-likeness (QED) is 0.0221. The molecule has 0 aromatic heterocycles. The summed E-state index contributed by atoms with van der Waals surface area (Å²) < 4.78 is 0. The second-order valence-electron chi connectivity index (χ2n) is 17.9. The van der Waals surface area contributed by atoms with Crippen LogP contribution in [-0.2, 0) is 9.59 Å². The van der Waals surface area contributed by atoms with Crippen molar-refractivity contribution in [1.82, 2.24) is 10.2 Å². The predicted molar refractivity (Wildman–Crippen MR) is 229 cm³/mol. The van der Waals surface area contributed by atoms with Gasteiger partial charge in [-0.05, 0) is 101 Å². The van der Waals surface area contributed by atoms with E-state index in [1.807, 2.05) is 45.6 Å². The zero-order valence-corrected chi connectivity index (χ0v) is 35.7. The summed E-state index contributed by atoms with van der Waals surface area (Å²) in [6, 6.07) is 0.0588. The number of aliphatic hydroxyl groups is 7. The molecule has 4 rings (SSSR count). The third-order valence-electron chi connectivity index (χ3n) is 13.6. The number of guanidine groups is 1. The molecule has 13 atom stereocenters. The van der Waals surface area contributed by atoms with Crippen molar-refractivity contribution in [3.63, 3.8) is 0 Å². The Bertz CT molecular complexity index is 1640. The number of aliphatic hydroxyl groups excluding tert-OH is 7. The van der Waals surface area contributed by atoms with Crippen molar-refractivity contribution >= 4 is 17.6 Å². The summed E-state index contributed by atoms with van der Waals surface area (Å²) in [7, 11) is 0. The monoisotopic (exact) mass is 825 g/mol. The first-order chi connectivity index (χ1) is 27.9. The summed E-state index contributed by atoms with van der Waals surface area (Å²) in [4.78, 5) is 27.3. The lowest BCUT2D eigenvalue weighted by atomic mass is 9.52. The van der Waals surface area contributed by atoms with Crippen molar-refractivity contribution < 1.29 is 45.3 Å². The van der Waals surface area contributed by atoms with Gasteiger partial charge in [0.2, 0.25) is 0 Å². The first kappa shape index (κ1) is 48.1. The lowest BCUT2D eigenvalue weighted by molar-refractivity contribution is -0.118. The zero-order chi connectivity index (χ0) is 43.6. The third-order valence-corrected chi connectivity index (χ3v) is 13.6. The standard InChI is InChI=1S/C46H72N4O9/c1-27(38(54)15-7-12-32(51)11-6-13-34(53)25-31-10-9-23-50(31)45(47)48)17-20-33(52)21-18-28(2)42(57)29(3)19-22-36-30(4)24-35-37(14-8-16-39(35)55)46(36,5)43(58)41-40(56)26-49-44(41)59/h6-7,11,15,17-18,20,24,27,29,31-39,42,51-55,57-58H,8-10,12-14,16,19,21-23,25-26H2,1-5H3,(H3,47,48)(H,49,59)/b11-6+,15-7+,20-17+,28-18+,43-41+/t27-,29+,31+,32-,33+,34+,35-,36+,37+,38+,39-,42-,46+/m1/s1. The SMILES string of the molecule is CC1=C[C@H]2[C@H](O)CCC[C@@H]2[C@@](C)(/C(O)=C2/C(=O)CNC2=O)[C@H]1CC[C@H](C)[C@H](O)/C(C)=C/C[C@@H](O)/C=C/[C@@H](C)[C@@H](O)/C=C/C[C@H](O)/C=C/C[C@H](O)C[C@@H]1CCCN1C(=N)N. The van der Waals surface area contributed by atoms with E-state index in [2.05, 4.69) is 11.4 Å². The lowest BCUT2D eigenvalue weighted by Gasteiger charge is -2.53. The molecule has 0 spiro atoms. The fraction of sp³-hybridized carbons (Fsp3) is 0.674. The summed E-state index contributed by atoms with van der Waals surface area (Å²) in [6.07, 6.45) is 16.2. The molecule has 0 unspecified atom stereocenters. The Balaban J connectivity index is 1.25. The summed E-state index contributed by atoms with van der Waals surface area (Å²) in [5.74, 6) is -2.23. The number of hydrogen-bond acceptors (Lipinski definition) is 10. The van der Waals surface area contributed by atoms with Gasteiger partial charge in [0.15, 0.2) is 11.7 Å². The van der Waals surface area contributed by atoms with E-state index in [-0.39, 0.29) is 72.3 Å². The maximum Gasteiger partial charge on any atom is 0.258 e. The van der Waals surface area contributed by atoms with Crippen LogP contribution in [0.4, 0.5) is 0 Å². The maximum atomic E-state index is 12.8. The summed E-state index contributed by atoms with van der Waals surface area (Å²) in [5, 5.41) is 86.3. The van der Waals surface area contributed by atoms with E-state index in [0.717, 1.165) is 37.8 Å². The highest BCUT2D eigenvalue weighted by molar-refractivity contribution is 6.25. The van der Waals surface area contributed by atoms with Crippen molar-refractivity contribution in [2.75, 3.05) is 13.1 Å². The average Bonchev–Trinajstić information content (AvgIpc) is 3.80. The van der Waals surface area contributed by atoms with Crippen LogP contribution < -0.4 is 11.1 Å². The van der Waals surface area contributed by atoms with Crippen LogP contribution in [0.2, 0.25) is 0 Å².